The number of rotatable bonds is 18. The van der Waals surface area contributed by atoms with Gasteiger partial charge < -0.3 is 95.9 Å². The van der Waals surface area contributed by atoms with Crippen molar-refractivity contribution in [3.63, 3.8) is 0 Å². The van der Waals surface area contributed by atoms with Crippen LogP contribution in [0, 0.1) is 22.7 Å². The quantitative estimate of drug-likeness (QED) is 0.0181. The van der Waals surface area contributed by atoms with Crippen LogP contribution < -0.4 is 67.1 Å². The third-order valence-electron chi connectivity index (χ3n) is 21.0. The highest BCUT2D eigenvalue weighted by atomic mass is 35.5. The van der Waals surface area contributed by atoms with Crippen molar-refractivity contribution in [1.29, 1.82) is 10.5 Å². The number of nitrogens with zero attached hydrogens (tertiary/aromatic N) is 14. The van der Waals surface area contributed by atoms with Gasteiger partial charge in [0.1, 0.15) is 102 Å². The molecule has 0 aliphatic carbocycles. The van der Waals surface area contributed by atoms with Crippen LogP contribution in [0.2, 0.25) is 20.6 Å². The number of carbonyl (C=O) groups excluding carboxylic acids is 7. The minimum atomic E-state index is -1.44. The lowest BCUT2D eigenvalue weighted by molar-refractivity contribution is -0.126. The van der Waals surface area contributed by atoms with Gasteiger partial charge in [-0.15, -0.1) is 0 Å². The number of nitrogens with one attached hydrogen (secondary N) is 2. The summed E-state index contributed by atoms with van der Waals surface area (Å²) in [7, 11) is -1.44. The van der Waals surface area contributed by atoms with Crippen molar-refractivity contribution in [2.45, 2.75) is 72.0 Å². The number of hydrogen-bond donors (Lipinski definition) is 7. The van der Waals surface area contributed by atoms with Crippen LogP contribution in [0.4, 0.5) is 32.9 Å². The zero-order chi connectivity index (χ0) is 103. The minimum absolute atomic E-state index is 0.0693. The Bertz CT molecular complexity index is 6100. The Hall–Kier alpha value is -14.4. The van der Waals surface area contributed by atoms with E-state index in [0.29, 0.717) is 120 Å². The molecule has 0 unspecified atom stereocenters. The first-order valence-electron chi connectivity index (χ1n) is 45.3. The fourth-order valence-electron chi connectivity index (χ4n) is 13.9. The second-order valence-electron chi connectivity index (χ2n) is 33.7. The number of ether oxygens (including phenoxy) is 5. The van der Waals surface area contributed by atoms with E-state index in [9.17, 15) is 33.6 Å². The van der Waals surface area contributed by atoms with Gasteiger partial charge in [0.05, 0.1) is 39.2 Å². The van der Waals surface area contributed by atoms with Gasteiger partial charge in [-0.1, -0.05) is 126 Å². The second-order valence-corrected chi connectivity index (χ2v) is 35.5. The van der Waals surface area contributed by atoms with E-state index in [1.54, 1.807) is 81.4 Å². The number of nitrogens with two attached hydrogens (primary N) is 3. The Morgan fingerprint density at radius 1 is 0.387 bits per heavy atom. The summed E-state index contributed by atoms with van der Waals surface area (Å²) in [6.45, 7) is 31.7. The van der Waals surface area contributed by atoms with Gasteiger partial charge in [0, 0.05) is 129 Å². The molecule has 10 N–H and O–H groups in total. The van der Waals surface area contributed by atoms with Crippen LogP contribution in [-0.4, -0.2) is 227 Å². The van der Waals surface area contributed by atoms with Crippen LogP contribution in [0.25, 0.3) is 22.5 Å². The molecule has 33 nitrogen and oxygen atoms in total. The number of hydrogen-bond acceptors (Lipinski definition) is 27. The van der Waals surface area contributed by atoms with Gasteiger partial charge in [-0.25, -0.2) is 34.5 Å². The Kier molecular flexibility index (Phi) is 44.0. The zero-order valence-corrected chi connectivity index (χ0v) is 83.3. The molecule has 5 saturated heterocycles. The Labute approximate surface area is 851 Å². The van der Waals surface area contributed by atoms with E-state index in [4.69, 9.17) is 129 Å². The number of piperazine rings is 4. The molecule has 39 heteroatoms. The standard InChI is InChI=1S/C25H24N4O3.C22H22N4O2.C15H19ClN4O2.C12H11BO3.C10H13ClN4O.C10H19NO2.C6H2Cl2N2.C3H3ClO/c1-2-23(30)29-16-14-28(15-17-29)22-13-12-21(25(26)31)24(27-22)18-8-10-20(11-9-18)32-19-6-4-3-5-7-19;23-22(27)19-10-11-20(26-14-12-24-13-15-26)25-21(19)16-6-8-18(9-7-16)28-17-4-2-1-3-5-17;1-15(2,3)22-14(21)20-8-6-19(7-9-20)12-5-4-11(10-17)13(16)18-12;14-13(15)10-6-8-12(9-7-10)16-11-4-2-1-3-5-11;11-9-7(10(12)16)1-2-8(14-9)15-5-3-13-4-6-15;1-10(2,3)13-9(12)11-7-5-4-6-8-11;7-5-2-1-4(3-9)6(8)10-5;1-2-3(4)5/h2-13H,1,14-17H2,(H2,26,31);1-11,24H,12-15H2,(H2,23,27);4-5H,6-9H2,1-3H3;1-9,14-15H;1-2,13H,3-6H2,(H2,12,16);4-8H2,1-3H3;1-2H;2H,1H2. The largest absolute Gasteiger partial charge is 0.488 e. The molecule has 0 bridgehead atoms. The van der Waals surface area contributed by atoms with Crippen LogP contribution >= 0.6 is 58.0 Å². The van der Waals surface area contributed by atoms with Crippen LogP contribution in [0.3, 0.4) is 0 Å². The molecule has 5 aliphatic heterocycles. The van der Waals surface area contributed by atoms with Gasteiger partial charge >= 0.3 is 19.3 Å². The molecule has 0 saturated carbocycles. The monoisotopic (exact) mass is 2030 g/mol. The Balaban J connectivity index is 0.000000189. The van der Waals surface area contributed by atoms with Crippen molar-refractivity contribution in [2.75, 3.05) is 137 Å². The van der Waals surface area contributed by atoms with Crippen molar-refractivity contribution in [3.05, 3.63) is 298 Å². The fourth-order valence-corrected chi connectivity index (χ4v) is 14.7. The molecule has 11 aromatic rings. The van der Waals surface area contributed by atoms with Crippen molar-refractivity contribution in [1.82, 2.24) is 50.3 Å². The van der Waals surface area contributed by atoms with Crippen LogP contribution in [0.5, 0.6) is 34.5 Å². The molecule has 5 aromatic heterocycles. The summed E-state index contributed by atoms with van der Waals surface area (Å²) in [5.74, 6) is 5.77. The number of likely N-dealkylation sites (tertiary alicyclic amines) is 1. The summed E-state index contributed by atoms with van der Waals surface area (Å²) in [4.78, 5) is 115. The van der Waals surface area contributed by atoms with E-state index in [0.717, 1.165) is 130 Å². The van der Waals surface area contributed by atoms with E-state index >= 15 is 0 Å². The first-order chi connectivity index (χ1) is 68.0. The summed E-state index contributed by atoms with van der Waals surface area (Å²) >= 11 is 27.5. The van der Waals surface area contributed by atoms with Gasteiger partial charge in [-0.2, -0.15) is 10.5 Å². The van der Waals surface area contributed by atoms with Gasteiger partial charge in [-0.3, -0.25) is 24.0 Å². The molecule has 742 valence electrons. The van der Waals surface area contributed by atoms with Crippen LogP contribution in [0.15, 0.2) is 250 Å². The number of anilines is 4. The predicted molar refractivity (Wildman–Crippen MR) is 555 cm³/mol. The molecule has 6 amide bonds. The summed E-state index contributed by atoms with van der Waals surface area (Å²) in [6, 6.07) is 70.9. The number of primary amides is 3. The topological polar surface area (TPSA) is 443 Å². The third-order valence-corrected chi connectivity index (χ3v) is 22.3. The lowest BCUT2D eigenvalue weighted by Crippen LogP contribution is -2.50. The van der Waals surface area contributed by atoms with Crippen molar-refractivity contribution in [2.24, 2.45) is 17.2 Å². The first kappa shape index (κ1) is 111. The number of pyridine rings is 5. The van der Waals surface area contributed by atoms with Gasteiger partial charge in [0.25, 0.3) is 17.7 Å². The first-order valence-corrected chi connectivity index (χ1v) is 47.2. The normalized spacial score (nSPS) is 13.7. The maximum Gasteiger partial charge on any atom is 0.488 e. The number of piperidine rings is 1. The molecular formula is C103H113BCl5N19O14. The highest BCUT2D eigenvalue weighted by Crippen LogP contribution is 2.33. The molecule has 5 aliphatic rings. The van der Waals surface area contributed by atoms with Gasteiger partial charge in [0.2, 0.25) is 11.1 Å². The average Bonchev–Trinajstić information content (AvgIpc) is 0.798. The molecule has 0 radical (unpaired) electrons. The van der Waals surface area contributed by atoms with E-state index in [1.807, 2.05) is 204 Å². The smallest absolute Gasteiger partial charge is 0.457 e. The summed E-state index contributed by atoms with van der Waals surface area (Å²) in [6.07, 6.45) is 5.38. The SMILES string of the molecule is C=CC(=O)Cl.C=CC(=O)N1CCN(c2ccc(C(N)=O)c(-c3ccc(Oc4ccccc4)cc3)n2)CC1.CC(C)(C)OC(=O)N1CCCCC1.CC(C)(C)OC(=O)N1CCN(c2ccc(C#N)c(Cl)n2)CC1.N#Cc1ccc(Cl)nc1Cl.NC(=O)c1ccc(N2CCNCC2)nc1-c1ccc(Oc2ccccc2)cc1.NC(=O)c1ccc(N2CCNCC2)nc1Cl.OB(O)c1ccc(Oc2ccccc2)cc1. The number of amides is 6. The summed E-state index contributed by atoms with van der Waals surface area (Å²) in [5, 5.41) is 42.0. The molecular weight excluding hydrogens is 1920 g/mol. The number of allylic oxidation sites excluding steroid dienone is 1. The molecule has 10 heterocycles. The van der Waals surface area contributed by atoms with Crippen molar-refractivity contribution in [3.8, 4) is 69.2 Å². The second kappa shape index (κ2) is 56.1. The summed E-state index contributed by atoms with van der Waals surface area (Å²) in [5.41, 5.74) is 20.4. The van der Waals surface area contributed by atoms with E-state index < -0.39 is 35.7 Å². The number of carbonyl (C=O) groups is 7. The van der Waals surface area contributed by atoms with Crippen molar-refractivity contribution < 1.29 is 67.3 Å². The van der Waals surface area contributed by atoms with Gasteiger partial charge in [-0.05, 0) is 248 Å². The van der Waals surface area contributed by atoms with Crippen LogP contribution in [-0.2, 0) is 19.1 Å². The fraction of sp³-hybridized carbons (Fsp3) is 0.282. The maximum absolute atomic E-state index is 12.0. The minimum Gasteiger partial charge on any atom is -0.457 e. The molecule has 0 spiro atoms. The maximum atomic E-state index is 12.0. The highest BCUT2D eigenvalue weighted by Gasteiger charge is 2.30. The Morgan fingerprint density at radius 3 is 1.04 bits per heavy atom. The molecule has 16 rings (SSSR count). The molecule has 142 heavy (non-hydrogen) atoms. The van der Waals surface area contributed by atoms with E-state index in [-0.39, 0.29) is 44.7 Å². The number of benzene rings is 6. The molecule has 5 fully saturated rings. The van der Waals surface area contributed by atoms with Gasteiger partial charge in [0.15, 0.2) is 0 Å². The molecule has 0 atom stereocenters. The zero-order valence-electron chi connectivity index (χ0n) is 79.5. The lowest BCUT2D eigenvalue weighted by atomic mass is 9.80. The number of halogens is 5. The number of para-hydroxylation sites is 3. The lowest BCUT2D eigenvalue weighted by Gasteiger charge is -2.36. The van der Waals surface area contributed by atoms with Crippen molar-refractivity contribution >= 4 is 135 Å². The third kappa shape index (κ3) is 36.7. The van der Waals surface area contributed by atoms with E-state index in [2.05, 4.69) is 53.4 Å². The Morgan fingerprint density at radius 2 is 0.704 bits per heavy atom. The number of nitriles is 2. The number of aromatic nitrogens is 5. The predicted octanol–water partition coefficient (Wildman–Crippen LogP) is 16.2. The van der Waals surface area contributed by atoms with Crippen LogP contribution in [0.1, 0.15) is 103 Å². The highest BCUT2D eigenvalue weighted by molar-refractivity contribution is 6.66. The molecule has 6 aromatic carbocycles. The van der Waals surface area contributed by atoms with E-state index in [1.165, 1.54) is 24.6 Å². The summed E-state index contributed by atoms with van der Waals surface area (Å²) < 4.78 is 27.9. The average molecular weight is 2030 g/mol.